The van der Waals surface area contributed by atoms with Crippen LogP contribution in [0.4, 0.5) is 0 Å². The first-order valence-corrected chi connectivity index (χ1v) is 6.75. The molecule has 0 saturated carbocycles. The summed E-state index contributed by atoms with van der Waals surface area (Å²) in [5.74, 6) is 1.54. The van der Waals surface area contributed by atoms with Crippen LogP contribution >= 0.6 is 0 Å². The molecule has 1 unspecified atom stereocenters. The molecule has 1 atom stereocenters. The van der Waals surface area contributed by atoms with Crippen molar-refractivity contribution in [2.24, 2.45) is 5.73 Å². The molecule has 2 N–H and O–H groups in total. The minimum atomic E-state index is 0.337. The molecule has 3 nitrogen and oxygen atoms in total. The number of nitrogens with zero attached hydrogens (tertiary/aromatic N) is 1. The maximum atomic E-state index is 5.95. The van der Waals surface area contributed by atoms with E-state index in [9.17, 15) is 0 Å². The monoisotopic (exact) mass is 248 g/mol. The van der Waals surface area contributed by atoms with E-state index < -0.39 is 0 Å². The molecule has 1 aliphatic rings. The van der Waals surface area contributed by atoms with E-state index in [0.29, 0.717) is 12.0 Å². The van der Waals surface area contributed by atoms with E-state index in [4.69, 9.17) is 10.5 Å². The summed E-state index contributed by atoms with van der Waals surface area (Å²) < 4.78 is 5.46. The molecule has 18 heavy (non-hydrogen) atoms. The molecule has 0 spiro atoms. The summed E-state index contributed by atoms with van der Waals surface area (Å²) in [5, 5.41) is 0. The topological polar surface area (TPSA) is 38.5 Å². The highest BCUT2D eigenvalue weighted by Crippen LogP contribution is 2.26. The smallest absolute Gasteiger partial charge is 0.123 e. The average molecular weight is 248 g/mol. The second kappa shape index (κ2) is 5.72. The molecule has 0 amide bonds. The van der Waals surface area contributed by atoms with E-state index in [0.717, 1.165) is 31.8 Å². The number of benzene rings is 1. The summed E-state index contributed by atoms with van der Waals surface area (Å²) in [4.78, 5) is 2.41. The van der Waals surface area contributed by atoms with E-state index in [1.807, 2.05) is 0 Å². The molecule has 0 aromatic heterocycles. The van der Waals surface area contributed by atoms with Gasteiger partial charge in [0.25, 0.3) is 0 Å². The maximum absolute atomic E-state index is 5.95. The molecule has 1 aromatic rings. The Morgan fingerprint density at radius 2 is 2.22 bits per heavy atom. The van der Waals surface area contributed by atoms with Crippen LogP contribution in [0, 0.1) is 0 Å². The fourth-order valence-corrected chi connectivity index (χ4v) is 2.53. The Kier molecular flexibility index (Phi) is 4.25. The number of methoxy groups -OCH3 is 1. The third-order valence-electron chi connectivity index (χ3n) is 3.67. The van der Waals surface area contributed by atoms with Gasteiger partial charge in [0.2, 0.25) is 0 Å². The summed E-state index contributed by atoms with van der Waals surface area (Å²) >= 11 is 0. The summed E-state index contributed by atoms with van der Waals surface area (Å²) in [7, 11) is 1.74. The van der Waals surface area contributed by atoms with Gasteiger partial charge in [-0.2, -0.15) is 0 Å². The highest BCUT2D eigenvalue weighted by Gasteiger charge is 2.20. The molecule has 0 bridgehead atoms. The number of likely N-dealkylation sites (tertiary alicyclic amines) is 1. The fraction of sp³-hybridized carbons (Fsp3) is 0.600. The van der Waals surface area contributed by atoms with Gasteiger partial charge in [-0.05, 0) is 24.0 Å². The van der Waals surface area contributed by atoms with E-state index >= 15 is 0 Å². The average Bonchev–Trinajstić information content (AvgIpc) is 2.74. The van der Waals surface area contributed by atoms with Crippen LogP contribution in [0.5, 0.6) is 5.75 Å². The standard InChI is InChI=1S/C15H24N2O/c1-11(2)12-4-5-15(18-3)13(8-12)9-17-7-6-14(16)10-17/h4-5,8,11,14H,6-7,9-10,16H2,1-3H3. The molecule has 1 heterocycles. The Balaban J connectivity index is 2.16. The van der Waals surface area contributed by atoms with Crippen molar-refractivity contribution in [3.05, 3.63) is 29.3 Å². The van der Waals surface area contributed by atoms with Crippen LogP contribution < -0.4 is 10.5 Å². The minimum absolute atomic E-state index is 0.337. The van der Waals surface area contributed by atoms with Crippen molar-refractivity contribution in [3.63, 3.8) is 0 Å². The molecule has 2 rings (SSSR count). The molecule has 0 aliphatic carbocycles. The Bertz CT molecular complexity index is 403. The Hall–Kier alpha value is -1.06. The van der Waals surface area contributed by atoms with E-state index in [1.54, 1.807) is 7.11 Å². The number of rotatable bonds is 4. The van der Waals surface area contributed by atoms with Gasteiger partial charge < -0.3 is 10.5 Å². The van der Waals surface area contributed by atoms with Gasteiger partial charge in [0, 0.05) is 31.2 Å². The zero-order valence-corrected chi connectivity index (χ0v) is 11.6. The first kappa shape index (κ1) is 13.4. The molecule has 0 radical (unpaired) electrons. The highest BCUT2D eigenvalue weighted by molar-refractivity contribution is 5.38. The van der Waals surface area contributed by atoms with Gasteiger partial charge in [-0.25, -0.2) is 0 Å². The number of hydrogen-bond acceptors (Lipinski definition) is 3. The normalized spacial score (nSPS) is 20.6. The predicted molar refractivity (Wildman–Crippen MR) is 75.0 cm³/mol. The molecular weight excluding hydrogens is 224 g/mol. The van der Waals surface area contributed by atoms with Crippen molar-refractivity contribution in [1.29, 1.82) is 0 Å². The van der Waals surface area contributed by atoms with Crippen LogP contribution in [0.15, 0.2) is 18.2 Å². The zero-order valence-electron chi connectivity index (χ0n) is 11.6. The van der Waals surface area contributed by atoms with Gasteiger partial charge in [0.15, 0.2) is 0 Å². The lowest BCUT2D eigenvalue weighted by Gasteiger charge is -2.19. The van der Waals surface area contributed by atoms with Gasteiger partial charge in [-0.3, -0.25) is 4.90 Å². The van der Waals surface area contributed by atoms with Crippen molar-refractivity contribution < 1.29 is 4.74 Å². The van der Waals surface area contributed by atoms with Gasteiger partial charge >= 0.3 is 0 Å². The Morgan fingerprint density at radius 1 is 1.44 bits per heavy atom. The molecule has 1 aromatic carbocycles. The predicted octanol–water partition coefficient (Wildman–Crippen LogP) is 2.35. The summed E-state index contributed by atoms with van der Waals surface area (Å²) in [5.41, 5.74) is 8.60. The first-order chi connectivity index (χ1) is 8.60. The van der Waals surface area contributed by atoms with Crippen molar-refractivity contribution in [1.82, 2.24) is 4.90 Å². The van der Waals surface area contributed by atoms with Crippen molar-refractivity contribution in [2.45, 2.75) is 38.8 Å². The SMILES string of the molecule is COc1ccc(C(C)C)cc1CN1CCC(N)C1. The molecule has 1 saturated heterocycles. The van der Waals surface area contributed by atoms with Crippen LogP contribution in [0.2, 0.25) is 0 Å². The third-order valence-corrected chi connectivity index (χ3v) is 3.67. The lowest BCUT2D eigenvalue weighted by Crippen LogP contribution is -2.26. The van der Waals surface area contributed by atoms with Crippen molar-refractivity contribution in [2.75, 3.05) is 20.2 Å². The largest absolute Gasteiger partial charge is 0.496 e. The number of ether oxygens (including phenoxy) is 1. The fourth-order valence-electron chi connectivity index (χ4n) is 2.53. The Morgan fingerprint density at radius 3 is 2.78 bits per heavy atom. The molecule has 3 heteroatoms. The first-order valence-electron chi connectivity index (χ1n) is 6.75. The van der Waals surface area contributed by atoms with E-state index in [-0.39, 0.29) is 0 Å². The third kappa shape index (κ3) is 3.03. The molecular formula is C15H24N2O. The van der Waals surface area contributed by atoms with Gasteiger partial charge in [-0.1, -0.05) is 26.0 Å². The van der Waals surface area contributed by atoms with Crippen LogP contribution in [0.3, 0.4) is 0 Å². The minimum Gasteiger partial charge on any atom is -0.496 e. The van der Waals surface area contributed by atoms with Gasteiger partial charge in [0.1, 0.15) is 5.75 Å². The quantitative estimate of drug-likeness (QED) is 0.889. The van der Waals surface area contributed by atoms with E-state index in [1.165, 1.54) is 11.1 Å². The zero-order chi connectivity index (χ0) is 13.1. The number of nitrogens with two attached hydrogens (primary N) is 1. The van der Waals surface area contributed by atoms with Crippen LogP contribution in [0.1, 0.15) is 37.3 Å². The van der Waals surface area contributed by atoms with Crippen LogP contribution in [-0.2, 0) is 6.54 Å². The summed E-state index contributed by atoms with van der Waals surface area (Å²) in [6.45, 7) is 7.47. The van der Waals surface area contributed by atoms with Crippen molar-refractivity contribution in [3.8, 4) is 5.75 Å². The van der Waals surface area contributed by atoms with Gasteiger partial charge in [-0.15, -0.1) is 0 Å². The van der Waals surface area contributed by atoms with Crippen molar-refractivity contribution >= 4 is 0 Å². The summed E-state index contributed by atoms with van der Waals surface area (Å²) in [6, 6.07) is 6.85. The second-order valence-corrected chi connectivity index (χ2v) is 5.51. The molecule has 100 valence electrons. The maximum Gasteiger partial charge on any atom is 0.123 e. The highest BCUT2D eigenvalue weighted by atomic mass is 16.5. The lowest BCUT2D eigenvalue weighted by atomic mass is 10.00. The van der Waals surface area contributed by atoms with Crippen LogP contribution in [-0.4, -0.2) is 31.1 Å². The molecule has 1 aliphatic heterocycles. The second-order valence-electron chi connectivity index (χ2n) is 5.51. The van der Waals surface area contributed by atoms with Gasteiger partial charge in [0.05, 0.1) is 7.11 Å². The summed E-state index contributed by atoms with van der Waals surface area (Å²) in [6.07, 6.45) is 1.10. The Labute approximate surface area is 110 Å². The lowest BCUT2D eigenvalue weighted by molar-refractivity contribution is 0.317. The van der Waals surface area contributed by atoms with E-state index in [2.05, 4.69) is 36.9 Å². The number of hydrogen-bond donors (Lipinski definition) is 1. The van der Waals surface area contributed by atoms with Crippen LogP contribution in [0.25, 0.3) is 0 Å². The molecule has 1 fully saturated rings.